The fraction of sp³-hybridized carbons (Fsp3) is 0.364. The fourth-order valence-electron chi connectivity index (χ4n) is 1.90. The molecule has 0 spiro atoms. The molecular formula is C11H12Br3N3S. The largest absolute Gasteiger partial charge is 0.308 e. The lowest BCUT2D eigenvalue weighted by Crippen LogP contribution is -2.21. The van der Waals surface area contributed by atoms with Gasteiger partial charge in [0, 0.05) is 12.1 Å². The van der Waals surface area contributed by atoms with Gasteiger partial charge in [0.15, 0.2) is 0 Å². The van der Waals surface area contributed by atoms with Gasteiger partial charge >= 0.3 is 0 Å². The summed E-state index contributed by atoms with van der Waals surface area (Å²) in [7, 11) is 1.96. The molecule has 1 atom stereocenters. The highest BCUT2D eigenvalue weighted by molar-refractivity contribution is 9.12. The third kappa shape index (κ3) is 2.75. The number of nitrogens with zero attached hydrogens (tertiary/aromatic N) is 2. The summed E-state index contributed by atoms with van der Waals surface area (Å²) in [5.74, 6) is 0. The van der Waals surface area contributed by atoms with Crippen LogP contribution in [0.1, 0.15) is 24.2 Å². The normalized spacial score (nSPS) is 12.9. The van der Waals surface area contributed by atoms with Crippen LogP contribution in [-0.4, -0.2) is 16.8 Å². The topological polar surface area (TPSA) is 29.9 Å². The lowest BCUT2D eigenvalue weighted by Gasteiger charge is -2.18. The molecule has 0 radical (unpaired) electrons. The van der Waals surface area contributed by atoms with Crippen LogP contribution in [0.5, 0.6) is 0 Å². The van der Waals surface area contributed by atoms with Crippen molar-refractivity contribution in [2.45, 2.75) is 19.5 Å². The van der Waals surface area contributed by atoms with Gasteiger partial charge in [-0.25, -0.2) is 0 Å². The summed E-state index contributed by atoms with van der Waals surface area (Å²) in [5.41, 5.74) is 2.36. The van der Waals surface area contributed by atoms with Gasteiger partial charge in [-0.1, -0.05) is 0 Å². The van der Waals surface area contributed by atoms with E-state index in [4.69, 9.17) is 0 Å². The van der Waals surface area contributed by atoms with Crippen molar-refractivity contribution in [3.05, 3.63) is 35.6 Å². The number of halogens is 3. The van der Waals surface area contributed by atoms with Crippen LogP contribution in [0.4, 0.5) is 0 Å². The van der Waals surface area contributed by atoms with Crippen molar-refractivity contribution >= 4 is 59.1 Å². The summed E-state index contributed by atoms with van der Waals surface area (Å²) in [6.45, 7) is 2.94. The number of thiophene rings is 1. The molecule has 0 bridgehead atoms. The van der Waals surface area contributed by atoms with Crippen molar-refractivity contribution in [2.24, 2.45) is 0 Å². The minimum Gasteiger partial charge on any atom is -0.308 e. The predicted octanol–water partition coefficient (Wildman–Crippen LogP) is 4.56. The number of nitrogens with one attached hydrogen (secondary N) is 1. The van der Waals surface area contributed by atoms with Crippen molar-refractivity contribution in [3.8, 4) is 0 Å². The van der Waals surface area contributed by atoms with Gasteiger partial charge in [0.2, 0.25) is 0 Å². The summed E-state index contributed by atoms with van der Waals surface area (Å²) in [5, 5.41) is 7.73. The molecule has 0 aliphatic carbocycles. The van der Waals surface area contributed by atoms with E-state index in [0.717, 1.165) is 24.3 Å². The van der Waals surface area contributed by atoms with Gasteiger partial charge in [-0.05, 0) is 67.8 Å². The number of aryl methyl sites for hydroxylation is 1. The molecule has 0 aliphatic heterocycles. The highest BCUT2D eigenvalue weighted by Crippen LogP contribution is 2.39. The van der Waals surface area contributed by atoms with Gasteiger partial charge in [-0.15, -0.1) is 11.3 Å². The summed E-state index contributed by atoms with van der Waals surface area (Å²) in [6.07, 6.45) is 1.85. The Morgan fingerprint density at radius 1 is 1.44 bits per heavy atom. The van der Waals surface area contributed by atoms with Crippen LogP contribution < -0.4 is 5.32 Å². The van der Waals surface area contributed by atoms with Gasteiger partial charge in [-0.3, -0.25) is 4.68 Å². The van der Waals surface area contributed by atoms with E-state index in [1.165, 1.54) is 5.56 Å². The summed E-state index contributed by atoms with van der Waals surface area (Å²) < 4.78 is 5.27. The van der Waals surface area contributed by atoms with Crippen molar-refractivity contribution < 1.29 is 0 Å². The number of hydrogen-bond donors (Lipinski definition) is 1. The first-order valence-electron chi connectivity index (χ1n) is 5.41. The second-order valence-corrected chi connectivity index (χ2v) is 8.30. The minimum atomic E-state index is 0.110. The van der Waals surface area contributed by atoms with Crippen molar-refractivity contribution in [1.82, 2.24) is 15.1 Å². The maximum absolute atomic E-state index is 4.37. The Kier molecular flexibility index (Phi) is 5.05. The molecule has 0 aliphatic rings. The maximum Gasteiger partial charge on any atom is 0.0777 e. The SMILES string of the molecule is CCn1ncc(Br)c1C(NC)c1cc(Br)sc1Br. The number of aromatic nitrogens is 2. The highest BCUT2D eigenvalue weighted by Gasteiger charge is 2.23. The smallest absolute Gasteiger partial charge is 0.0777 e. The Bertz CT molecular complexity index is 550. The lowest BCUT2D eigenvalue weighted by molar-refractivity contribution is 0.561. The van der Waals surface area contributed by atoms with Crippen LogP contribution in [0.3, 0.4) is 0 Å². The highest BCUT2D eigenvalue weighted by atomic mass is 79.9. The van der Waals surface area contributed by atoms with Gasteiger partial charge in [0.1, 0.15) is 0 Å². The molecule has 0 fully saturated rings. The summed E-state index contributed by atoms with van der Waals surface area (Å²) in [4.78, 5) is 0. The molecule has 2 heterocycles. The molecule has 2 aromatic heterocycles. The molecule has 0 saturated heterocycles. The lowest BCUT2D eigenvalue weighted by atomic mass is 10.1. The molecular weight excluding hydrogens is 446 g/mol. The zero-order valence-corrected chi connectivity index (χ0v) is 15.5. The third-order valence-corrected chi connectivity index (χ3v) is 5.69. The standard InChI is InChI=1S/C11H12Br3N3S/c1-3-17-10(7(12)5-16-17)9(15-2)6-4-8(13)18-11(6)14/h4-5,9,15H,3H2,1-2H3. The van der Waals surface area contributed by atoms with E-state index in [0.29, 0.717) is 0 Å². The molecule has 2 aromatic rings. The number of rotatable bonds is 4. The van der Waals surface area contributed by atoms with E-state index >= 15 is 0 Å². The average molecular weight is 458 g/mol. The van der Waals surface area contributed by atoms with E-state index in [2.05, 4.69) is 71.2 Å². The molecule has 0 amide bonds. The quantitative estimate of drug-likeness (QED) is 0.729. The van der Waals surface area contributed by atoms with Crippen LogP contribution in [0.25, 0.3) is 0 Å². The van der Waals surface area contributed by atoms with Gasteiger partial charge in [-0.2, -0.15) is 5.10 Å². The fourth-order valence-corrected chi connectivity index (χ4v) is 5.33. The first-order chi connectivity index (χ1) is 8.58. The van der Waals surface area contributed by atoms with Crippen LogP contribution in [0.15, 0.2) is 24.3 Å². The zero-order valence-electron chi connectivity index (χ0n) is 9.88. The van der Waals surface area contributed by atoms with Crippen molar-refractivity contribution in [3.63, 3.8) is 0 Å². The predicted molar refractivity (Wildman–Crippen MR) is 86.2 cm³/mol. The van der Waals surface area contributed by atoms with Gasteiger partial charge in [0.05, 0.1) is 30.0 Å². The van der Waals surface area contributed by atoms with Crippen LogP contribution >= 0.6 is 59.1 Å². The maximum atomic E-state index is 4.37. The summed E-state index contributed by atoms with van der Waals surface area (Å²) in [6, 6.07) is 2.24. The third-order valence-electron chi connectivity index (χ3n) is 2.69. The van der Waals surface area contributed by atoms with Crippen LogP contribution in [0.2, 0.25) is 0 Å². The first-order valence-corrected chi connectivity index (χ1v) is 8.61. The molecule has 1 N–H and O–H groups in total. The number of hydrogen-bond acceptors (Lipinski definition) is 3. The van der Waals surface area contributed by atoms with E-state index < -0.39 is 0 Å². The van der Waals surface area contributed by atoms with E-state index in [-0.39, 0.29) is 6.04 Å². The van der Waals surface area contributed by atoms with E-state index in [1.807, 2.05) is 17.9 Å². The van der Waals surface area contributed by atoms with Crippen molar-refractivity contribution in [1.29, 1.82) is 0 Å². The van der Waals surface area contributed by atoms with E-state index in [9.17, 15) is 0 Å². The Morgan fingerprint density at radius 2 is 2.17 bits per heavy atom. The Morgan fingerprint density at radius 3 is 2.67 bits per heavy atom. The molecule has 7 heteroatoms. The molecule has 18 heavy (non-hydrogen) atoms. The van der Waals surface area contributed by atoms with E-state index in [1.54, 1.807) is 11.3 Å². The van der Waals surface area contributed by atoms with Crippen LogP contribution in [-0.2, 0) is 6.54 Å². The average Bonchev–Trinajstić information content (AvgIpc) is 2.85. The minimum absolute atomic E-state index is 0.110. The molecule has 2 rings (SSSR count). The second-order valence-electron chi connectivity index (χ2n) is 3.69. The monoisotopic (exact) mass is 455 g/mol. The van der Waals surface area contributed by atoms with Gasteiger partial charge in [0.25, 0.3) is 0 Å². The second kappa shape index (κ2) is 6.17. The Hall–Kier alpha value is 0.310. The molecule has 3 nitrogen and oxygen atoms in total. The summed E-state index contributed by atoms with van der Waals surface area (Å²) >= 11 is 12.4. The van der Waals surface area contributed by atoms with Crippen LogP contribution in [0, 0.1) is 0 Å². The van der Waals surface area contributed by atoms with Crippen molar-refractivity contribution in [2.75, 3.05) is 7.05 Å². The van der Waals surface area contributed by atoms with Gasteiger partial charge < -0.3 is 5.32 Å². The Labute approximate surface area is 135 Å². The molecule has 1 unspecified atom stereocenters. The molecule has 0 saturated carbocycles. The molecule has 98 valence electrons. The molecule has 0 aromatic carbocycles. The first kappa shape index (κ1) is 14.7. The zero-order chi connectivity index (χ0) is 13.3. The Balaban J connectivity index is 2.51.